The van der Waals surface area contributed by atoms with Gasteiger partial charge in [0.2, 0.25) is 0 Å². The molecule has 2 aromatic rings. The highest BCUT2D eigenvalue weighted by Gasteiger charge is 2.22. The first-order chi connectivity index (χ1) is 9.27. The Kier molecular flexibility index (Phi) is 4.49. The van der Waals surface area contributed by atoms with Gasteiger partial charge < -0.3 is 4.98 Å². The molecular formula is C15H16Br2N2O. The van der Waals surface area contributed by atoms with Crippen LogP contribution in [0.3, 0.4) is 0 Å². The molecule has 5 heteroatoms. The zero-order chi connectivity index (χ0) is 14.9. The number of hydrogen-bond donors (Lipinski definition) is 1. The largest absolute Gasteiger partial charge is 0.309 e. The van der Waals surface area contributed by atoms with Crippen molar-refractivity contribution in [2.75, 3.05) is 0 Å². The summed E-state index contributed by atoms with van der Waals surface area (Å²) >= 11 is 6.78. The second kappa shape index (κ2) is 5.82. The van der Waals surface area contributed by atoms with Crippen molar-refractivity contribution in [3.05, 3.63) is 60.6 Å². The molecular weight excluding hydrogens is 384 g/mol. The Bertz CT molecular complexity index is 687. The van der Waals surface area contributed by atoms with E-state index in [1.165, 1.54) is 0 Å². The molecule has 0 saturated heterocycles. The molecule has 1 N–H and O–H groups in total. The van der Waals surface area contributed by atoms with Crippen molar-refractivity contribution in [1.82, 2.24) is 9.97 Å². The third-order valence-corrected chi connectivity index (χ3v) is 4.11. The number of nitrogens with zero attached hydrogens (tertiary/aromatic N) is 1. The van der Waals surface area contributed by atoms with Crippen LogP contribution in [0.1, 0.15) is 37.9 Å². The van der Waals surface area contributed by atoms with Crippen LogP contribution < -0.4 is 5.56 Å². The number of rotatable bonds is 2. The van der Waals surface area contributed by atoms with Crippen LogP contribution in [0.25, 0.3) is 0 Å². The molecule has 0 aliphatic rings. The van der Waals surface area contributed by atoms with Crippen LogP contribution in [0.15, 0.2) is 38.0 Å². The van der Waals surface area contributed by atoms with Gasteiger partial charge in [-0.05, 0) is 33.6 Å². The Morgan fingerprint density at radius 2 is 1.95 bits per heavy atom. The first-order valence-electron chi connectivity index (χ1n) is 6.31. The average Bonchev–Trinajstić information content (AvgIpc) is 2.32. The fraction of sp³-hybridized carbons (Fsp3) is 0.333. The van der Waals surface area contributed by atoms with Crippen molar-refractivity contribution in [3.63, 3.8) is 0 Å². The number of aromatic amines is 1. The lowest BCUT2D eigenvalue weighted by Crippen LogP contribution is -2.23. The van der Waals surface area contributed by atoms with E-state index in [0.717, 1.165) is 15.7 Å². The second-order valence-electron chi connectivity index (χ2n) is 5.73. The van der Waals surface area contributed by atoms with Crippen LogP contribution in [-0.4, -0.2) is 9.97 Å². The lowest BCUT2D eigenvalue weighted by Gasteiger charge is -2.19. The lowest BCUT2D eigenvalue weighted by molar-refractivity contribution is 0.557. The molecule has 0 radical (unpaired) electrons. The van der Waals surface area contributed by atoms with Gasteiger partial charge in [0, 0.05) is 16.3 Å². The Balaban J connectivity index is 2.44. The highest BCUT2D eigenvalue weighted by atomic mass is 79.9. The van der Waals surface area contributed by atoms with E-state index < -0.39 is 0 Å². The van der Waals surface area contributed by atoms with Gasteiger partial charge in [-0.25, -0.2) is 4.98 Å². The van der Waals surface area contributed by atoms with Crippen LogP contribution >= 0.6 is 31.9 Å². The fourth-order valence-corrected chi connectivity index (χ4v) is 3.16. The topological polar surface area (TPSA) is 45.8 Å². The van der Waals surface area contributed by atoms with Crippen molar-refractivity contribution < 1.29 is 0 Å². The summed E-state index contributed by atoms with van der Waals surface area (Å²) < 4.78 is 1.54. The first-order valence-corrected chi connectivity index (χ1v) is 7.89. The van der Waals surface area contributed by atoms with Crippen molar-refractivity contribution in [2.45, 2.75) is 32.6 Å². The molecule has 0 spiro atoms. The summed E-state index contributed by atoms with van der Waals surface area (Å²) in [5.41, 5.74) is 1.57. The van der Waals surface area contributed by atoms with Crippen LogP contribution in [-0.2, 0) is 11.8 Å². The van der Waals surface area contributed by atoms with Crippen molar-refractivity contribution >= 4 is 31.9 Å². The molecule has 0 unspecified atom stereocenters. The van der Waals surface area contributed by atoms with Gasteiger partial charge in [-0.15, -0.1) is 0 Å². The van der Waals surface area contributed by atoms with E-state index in [4.69, 9.17) is 0 Å². The Morgan fingerprint density at radius 1 is 1.25 bits per heavy atom. The minimum atomic E-state index is -0.181. The molecule has 106 valence electrons. The Labute approximate surface area is 135 Å². The number of aromatic nitrogens is 2. The predicted octanol–water partition coefficient (Wildman–Crippen LogP) is 4.18. The Hall–Kier alpha value is -0.940. The van der Waals surface area contributed by atoms with Crippen LogP contribution in [0.4, 0.5) is 0 Å². The maximum absolute atomic E-state index is 12.0. The fourth-order valence-electron chi connectivity index (χ4n) is 1.93. The van der Waals surface area contributed by atoms with Crippen molar-refractivity contribution in [2.24, 2.45) is 0 Å². The summed E-state index contributed by atoms with van der Waals surface area (Å²) in [4.78, 5) is 19.5. The molecule has 0 atom stereocenters. The van der Waals surface area contributed by atoms with Gasteiger partial charge in [-0.2, -0.15) is 0 Å². The van der Waals surface area contributed by atoms with Gasteiger partial charge >= 0.3 is 0 Å². The molecule has 0 saturated carbocycles. The minimum absolute atomic E-state index is 0.130. The second-order valence-corrected chi connectivity index (χ2v) is 7.44. The number of nitrogens with one attached hydrogen (secondary N) is 1. The minimum Gasteiger partial charge on any atom is -0.309 e. The first kappa shape index (κ1) is 15.4. The van der Waals surface area contributed by atoms with Gasteiger partial charge in [-0.3, -0.25) is 4.79 Å². The molecule has 1 aromatic carbocycles. The summed E-state index contributed by atoms with van der Waals surface area (Å²) in [5.74, 6) is 0.682. The molecule has 0 aliphatic heterocycles. The lowest BCUT2D eigenvalue weighted by atomic mass is 9.92. The summed E-state index contributed by atoms with van der Waals surface area (Å²) in [6, 6.07) is 7.99. The summed E-state index contributed by atoms with van der Waals surface area (Å²) in [6.45, 7) is 6.13. The highest BCUT2D eigenvalue weighted by Crippen LogP contribution is 2.25. The normalized spacial score (nSPS) is 11.7. The SMILES string of the molecule is CC(C)(C)c1nc(Cc2cccc(Br)c2)[nH]c(=O)c1Br. The zero-order valence-corrected chi connectivity index (χ0v) is 14.8. The monoisotopic (exact) mass is 398 g/mol. The van der Waals surface area contributed by atoms with E-state index in [1.807, 2.05) is 45.0 Å². The zero-order valence-electron chi connectivity index (χ0n) is 11.6. The standard InChI is InChI=1S/C15H16Br2N2O/c1-15(2,3)13-12(17)14(20)19-11(18-13)8-9-5-4-6-10(16)7-9/h4-7H,8H2,1-3H3,(H,18,19,20). The summed E-state index contributed by atoms with van der Waals surface area (Å²) in [7, 11) is 0. The molecule has 20 heavy (non-hydrogen) atoms. The van der Waals surface area contributed by atoms with E-state index in [0.29, 0.717) is 16.7 Å². The number of halogens is 2. The van der Waals surface area contributed by atoms with Crippen molar-refractivity contribution in [1.29, 1.82) is 0 Å². The number of H-pyrrole nitrogens is 1. The van der Waals surface area contributed by atoms with E-state index >= 15 is 0 Å². The molecule has 3 nitrogen and oxygen atoms in total. The van der Waals surface area contributed by atoms with Crippen LogP contribution in [0.5, 0.6) is 0 Å². The third kappa shape index (κ3) is 3.58. The van der Waals surface area contributed by atoms with E-state index in [-0.39, 0.29) is 11.0 Å². The van der Waals surface area contributed by atoms with Gasteiger partial charge in [0.25, 0.3) is 5.56 Å². The van der Waals surface area contributed by atoms with Gasteiger partial charge in [-0.1, -0.05) is 48.8 Å². The Morgan fingerprint density at radius 3 is 2.55 bits per heavy atom. The van der Waals surface area contributed by atoms with Crippen LogP contribution in [0.2, 0.25) is 0 Å². The summed E-state index contributed by atoms with van der Waals surface area (Å²) in [6.07, 6.45) is 0.602. The molecule has 1 aromatic heterocycles. The van der Waals surface area contributed by atoms with Gasteiger partial charge in [0.15, 0.2) is 0 Å². The maximum atomic E-state index is 12.0. The van der Waals surface area contributed by atoms with Crippen molar-refractivity contribution in [3.8, 4) is 0 Å². The van der Waals surface area contributed by atoms with E-state index in [9.17, 15) is 4.79 Å². The molecule has 1 heterocycles. The molecule has 0 amide bonds. The smallest absolute Gasteiger partial charge is 0.265 e. The molecule has 0 fully saturated rings. The predicted molar refractivity (Wildman–Crippen MR) is 88.2 cm³/mol. The van der Waals surface area contributed by atoms with Gasteiger partial charge in [0.1, 0.15) is 10.3 Å². The molecule has 2 rings (SSSR count). The maximum Gasteiger partial charge on any atom is 0.265 e. The summed E-state index contributed by atoms with van der Waals surface area (Å²) in [5, 5.41) is 0. The molecule has 0 aliphatic carbocycles. The third-order valence-electron chi connectivity index (χ3n) is 2.88. The van der Waals surface area contributed by atoms with Gasteiger partial charge in [0.05, 0.1) is 5.69 Å². The number of hydrogen-bond acceptors (Lipinski definition) is 2. The quantitative estimate of drug-likeness (QED) is 0.822. The van der Waals surface area contributed by atoms with E-state index in [2.05, 4.69) is 41.8 Å². The van der Waals surface area contributed by atoms with E-state index in [1.54, 1.807) is 0 Å². The highest BCUT2D eigenvalue weighted by molar-refractivity contribution is 9.10. The molecule has 0 bridgehead atoms. The van der Waals surface area contributed by atoms with Crippen LogP contribution in [0, 0.1) is 0 Å². The number of benzene rings is 1. The average molecular weight is 400 g/mol.